The lowest BCUT2D eigenvalue weighted by atomic mass is 10.1. The number of amides is 1. The first-order valence-electron chi connectivity index (χ1n) is 3.77. The summed E-state index contributed by atoms with van der Waals surface area (Å²) >= 11 is 1.16. The summed E-state index contributed by atoms with van der Waals surface area (Å²) in [4.78, 5) is 11.6. The van der Waals surface area contributed by atoms with Crippen LogP contribution in [0.2, 0.25) is 0 Å². The van der Waals surface area contributed by atoms with Crippen molar-refractivity contribution in [2.24, 2.45) is 5.73 Å². The number of primary amides is 1. The Balaban J connectivity index is 3.29. The largest absolute Gasteiger partial charge is 0.364 e. The minimum absolute atomic E-state index is 0.0937. The summed E-state index contributed by atoms with van der Waals surface area (Å²) in [6, 6.07) is 1.95. The second kappa shape index (κ2) is 3.54. The van der Waals surface area contributed by atoms with Gasteiger partial charge in [-0.1, -0.05) is 13.8 Å². The first kappa shape index (κ1) is 9.68. The number of hydrogen-bond donors (Lipinski definition) is 1. The Morgan fingerprint density at radius 3 is 2.69 bits per heavy atom. The van der Waals surface area contributed by atoms with Crippen LogP contribution >= 0.6 is 11.5 Å². The lowest BCUT2D eigenvalue weighted by Crippen LogP contribution is -2.13. The van der Waals surface area contributed by atoms with Crippen molar-refractivity contribution in [3.8, 4) is 6.07 Å². The molecule has 0 aromatic carbocycles. The Hall–Kier alpha value is -1.41. The van der Waals surface area contributed by atoms with Crippen molar-refractivity contribution in [3.05, 3.63) is 16.1 Å². The van der Waals surface area contributed by atoms with Crippen molar-refractivity contribution in [1.29, 1.82) is 5.26 Å². The average Bonchev–Trinajstić information content (AvgIpc) is 2.46. The number of hydrogen-bond acceptors (Lipinski definition) is 4. The van der Waals surface area contributed by atoms with Gasteiger partial charge in [-0.25, -0.2) is 0 Å². The van der Waals surface area contributed by atoms with Gasteiger partial charge in [-0.15, -0.1) is 0 Å². The van der Waals surface area contributed by atoms with Crippen LogP contribution in [0.1, 0.15) is 40.7 Å². The molecular formula is C8H9N3OS. The highest BCUT2D eigenvalue weighted by molar-refractivity contribution is 7.06. The first-order chi connectivity index (χ1) is 6.07. The van der Waals surface area contributed by atoms with Gasteiger partial charge in [0.05, 0.1) is 5.56 Å². The normalized spacial score (nSPS) is 10.0. The van der Waals surface area contributed by atoms with Gasteiger partial charge in [0.1, 0.15) is 6.07 Å². The molecule has 0 aliphatic heterocycles. The molecule has 0 saturated carbocycles. The Bertz CT molecular complexity index is 375. The first-order valence-corrected chi connectivity index (χ1v) is 4.54. The molecule has 0 aliphatic carbocycles. The van der Waals surface area contributed by atoms with Crippen LogP contribution in [0.15, 0.2) is 0 Å². The molecule has 0 atom stereocenters. The van der Waals surface area contributed by atoms with Crippen LogP contribution in [0.25, 0.3) is 0 Å². The summed E-state index contributed by atoms with van der Waals surface area (Å²) in [6.07, 6.45) is 0. The van der Waals surface area contributed by atoms with Gasteiger partial charge in [0.25, 0.3) is 5.91 Å². The van der Waals surface area contributed by atoms with Crippen molar-refractivity contribution in [1.82, 2.24) is 4.37 Å². The van der Waals surface area contributed by atoms with E-state index >= 15 is 0 Å². The maximum absolute atomic E-state index is 10.8. The van der Waals surface area contributed by atoms with E-state index in [0.29, 0.717) is 5.56 Å². The summed E-state index contributed by atoms with van der Waals surface area (Å²) in [5.74, 6) is -0.444. The topological polar surface area (TPSA) is 79.8 Å². The summed E-state index contributed by atoms with van der Waals surface area (Å²) < 4.78 is 3.85. The second-order valence-electron chi connectivity index (χ2n) is 2.90. The van der Waals surface area contributed by atoms with Crippen LogP contribution in [-0.2, 0) is 0 Å². The maximum Gasteiger partial charge on any atom is 0.269 e. The number of nitrogens with zero attached hydrogens (tertiary/aromatic N) is 2. The van der Waals surface area contributed by atoms with Crippen LogP contribution in [0.4, 0.5) is 0 Å². The minimum Gasteiger partial charge on any atom is -0.364 e. The summed E-state index contributed by atoms with van der Waals surface area (Å²) in [5, 5.41) is 8.79. The van der Waals surface area contributed by atoms with Crippen molar-refractivity contribution in [2.75, 3.05) is 0 Å². The van der Waals surface area contributed by atoms with Gasteiger partial charge in [-0.3, -0.25) is 4.79 Å². The number of rotatable bonds is 2. The lowest BCUT2D eigenvalue weighted by molar-refractivity contribution is 0.0996. The molecule has 0 aliphatic rings. The molecule has 1 rings (SSSR count). The number of carbonyl (C=O) groups is 1. The van der Waals surface area contributed by atoms with Crippen molar-refractivity contribution in [3.63, 3.8) is 0 Å². The fourth-order valence-electron chi connectivity index (χ4n) is 0.973. The van der Waals surface area contributed by atoms with Gasteiger partial charge < -0.3 is 5.73 Å². The van der Waals surface area contributed by atoms with Crippen LogP contribution in [-0.4, -0.2) is 10.3 Å². The highest BCUT2D eigenvalue weighted by atomic mass is 32.1. The zero-order valence-corrected chi connectivity index (χ0v) is 8.18. The Morgan fingerprint density at radius 2 is 2.31 bits per heavy atom. The van der Waals surface area contributed by atoms with Crippen molar-refractivity contribution >= 4 is 17.4 Å². The fourth-order valence-corrected chi connectivity index (χ4v) is 1.79. The van der Waals surface area contributed by atoms with Gasteiger partial charge in [0, 0.05) is 4.88 Å². The molecule has 0 spiro atoms. The molecule has 0 bridgehead atoms. The van der Waals surface area contributed by atoms with E-state index in [2.05, 4.69) is 4.37 Å². The molecular weight excluding hydrogens is 186 g/mol. The molecule has 1 aromatic heterocycles. The third kappa shape index (κ3) is 1.68. The quantitative estimate of drug-likeness (QED) is 0.770. The standard InChI is InChI=1S/C8H9N3OS/c1-4(2)7-5(3-9)6(8(10)12)11-13-7/h4H,1-2H3,(H2,10,12). The predicted molar refractivity (Wildman–Crippen MR) is 49.4 cm³/mol. The van der Waals surface area contributed by atoms with E-state index in [0.717, 1.165) is 16.4 Å². The molecule has 5 heteroatoms. The summed E-state index contributed by atoms with van der Waals surface area (Å²) in [5.41, 5.74) is 5.48. The maximum atomic E-state index is 10.8. The Morgan fingerprint density at radius 1 is 1.69 bits per heavy atom. The summed E-state index contributed by atoms with van der Waals surface area (Å²) in [7, 11) is 0. The van der Waals surface area contributed by atoms with E-state index in [-0.39, 0.29) is 11.6 Å². The molecule has 0 radical (unpaired) electrons. The Labute approximate surface area is 80.2 Å². The fraction of sp³-hybridized carbons (Fsp3) is 0.375. The molecule has 1 aromatic rings. The molecule has 2 N–H and O–H groups in total. The third-order valence-corrected chi connectivity index (χ3v) is 2.73. The van der Waals surface area contributed by atoms with E-state index in [9.17, 15) is 4.79 Å². The number of carbonyl (C=O) groups excluding carboxylic acids is 1. The molecule has 4 nitrogen and oxygen atoms in total. The number of nitrogens with two attached hydrogens (primary N) is 1. The zero-order valence-electron chi connectivity index (χ0n) is 7.37. The summed E-state index contributed by atoms with van der Waals surface area (Å²) in [6.45, 7) is 3.89. The molecule has 1 amide bonds. The van der Waals surface area contributed by atoms with Gasteiger partial charge in [-0.05, 0) is 17.5 Å². The molecule has 1 heterocycles. The highest BCUT2D eigenvalue weighted by Crippen LogP contribution is 2.25. The van der Waals surface area contributed by atoms with Gasteiger partial charge in [0.2, 0.25) is 0 Å². The zero-order chi connectivity index (χ0) is 10.0. The number of nitriles is 1. The van der Waals surface area contributed by atoms with Crippen LogP contribution < -0.4 is 5.73 Å². The van der Waals surface area contributed by atoms with Crippen LogP contribution in [0, 0.1) is 11.3 Å². The van der Waals surface area contributed by atoms with Crippen LogP contribution in [0.5, 0.6) is 0 Å². The number of aromatic nitrogens is 1. The SMILES string of the molecule is CC(C)c1snc(C(N)=O)c1C#N. The van der Waals surface area contributed by atoms with Gasteiger partial charge in [0.15, 0.2) is 5.69 Å². The van der Waals surface area contributed by atoms with Crippen molar-refractivity contribution < 1.29 is 4.79 Å². The monoisotopic (exact) mass is 195 g/mol. The molecule has 68 valence electrons. The van der Waals surface area contributed by atoms with Crippen LogP contribution in [0.3, 0.4) is 0 Å². The molecule has 0 fully saturated rings. The highest BCUT2D eigenvalue weighted by Gasteiger charge is 2.19. The lowest BCUT2D eigenvalue weighted by Gasteiger charge is -1.98. The Kier molecular flexibility index (Phi) is 2.63. The second-order valence-corrected chi connectivity index (χ2v) is 3.71. The molecule has 13 heavy (non-hydrogen) atoms. The molecule has 0 unspecified atom stereocenters. The smallest absolute Gasteiger partial charge is 0.269 e. The van der Waals surface area contributed by atoms with E-state index in [4.69, 9.17) is 11.0 Å². The van der Waals surface area contributed by atoms with E-state index in [1.54, 1.807) is 0 Å². The van der Waals surface area contributed by atoms with Crippen molar-refractivity contribution in [2.45, 2.75) is 19.8 Å². The van der Waals surface area contributed by atoms with E-state index in [1.807, 2.05) is 19.9 Å². The minimum atomic E-state index is -0.639. The van der Waals surface area contributed by atoms with E-state index in [1.165, 1.54) is 0 Å². The van der Waals surface area contributed by atoms with Gasteiger partial charge in [-0.2, -0.15) is 9.64 Å². The third-order valence-electron chi connectivity index (χ3n) is 1.59. The van der Waals surface area contributed by atoms with Gasteiger partial charge >= 0.3 is 0 Å². The predicted octanol–water partition coefficient (Wildman–Crippen LogP) is 1.24. The molecule has 0 saturated heterocycles. The average molecular weight is 195 g/mol. The van der Waals surface area contributed by atoms with E-state index < -0.39 is 5.91 Å².